The number of methoxy groups -OCH3 is 1. The highest BCUT2D eigenvalue weighted by molar-refractivity contribution is 6.33. The zero-order valence-electron chi connectivity index (χ0n) is 14.5. The zero-order valence-corrected chi connectivity index (χ0v) is 15.3. The molecule has 1 aliphatic rings. The molecule has 1 amide bonds. The molecular weight excluding hydrogens is 342 g/mol. The van der Waals surface area contributed by atoms with Crippen molar-refractivity contribution in [1.82, 2.24) is 10.6 Å². The third kappa shape index (κ3) is 5.27. The molecule has 0 aliphatic carbocycles. The molecule has 0 radical (unpaired) electrons. The molecule has 4 N–H and O–H groups in total. The Bertz CT molecular complexity index is 670. The second kappa shape index (κ2) is 9.52. The first kappa shape index (κ1) is 19.4. The van der Waals surface area contributed by atoms with E-state index >= 15 is 0 Å². The average Bonchev–Trinajstić information content (AvgIpc) is 2.61. The summed E-state index contributed by atoms with van der Waals surface area (Å²) in [5, 5.41) is 6.56. The summed E-state index contributed by atoms with van der Waals surface area (Å²) < 4.78 is 11.1. The third-order valence-corrected chi connectivity index (χ3v) is 4.32. The van der Waals surface area contributed by atoms with Gasteiger partial charge in [0.05, 0.1) is 28.4 Å². The fourth-order valence-electron chi connectivity index (χ4n) is 2.64. The molecule has 1 heterocycles. The van der Waals surface area contributed by atoms with Gasteiger partial charge in [0, 0.05) is 26.1 Å². The first-order chi connectivity index (χ1) is 12.1. The third-order valence-electron chi connectivity index (χ3n) is 3.99. The number of hydrogen-bond donors (Lipinski definition) is 3. The van der Waals surface area contributed by atoms with Crippen LogP contribution < -0.4 is 21.1 Å². The number of halogens is 1. The van der Waals surface area contributed by atoms with Crippen molar-refractivity contribution >= 4 is 23.2 Å². The Morgan fingerprint density at radius 2 is 2.28 bits per heavy atom. The molecular formula is C18H24ClN3O3. The molecule has 0 saturated carbocycles. The molecule has 136 valence electrons. The van der Waals surface area contributed by atoms with Crippen LogP contribution >= 0.6 is 11.6 Å². The second-order valence-corrected chi connectivity index (χ2v) is 6.12. The minimum Gasteiger partial charge on any atom is -0.480 e. The van der Waals surface area contributed by atoms with Crippen LogP contribution in [0.1, 0.15) is 30.1 Å². The monoisotopic (exact) mass is 365 g/mol. The highest BCUT2D eigenvalue weighted by Crippen LogP contribution is 2.29. The molecule has 1 aliphatic heterocycles. The van der Waals surface area contributed by atoms with Gasteiger partial charge in [0.25, 0.3) is 5.91 Å². The zero-order chi connectivity index (χ0) is 18.2. The lowest BCUT2D eigenvalue weighted by molar-refractivity contribution is 0.0476. The number of rotatable bonds is 5. The van der Waals surface area contributed by atoms with E-state index in [4.69, 9.17) is 26.8 Å². The number of anilines is 1. The summed E-state index contributed by atoms with van der Waals surface area (Å²) in [5.41, 5.74) is 6.53. The van der Waals surface area contributed by atoms with Crippen molar-refractivity contribution in [3.8, 4) is 17.6 Å². The van der Waals surface area contributed by atoms with Gasteiger partial charge in [0.2, 0.25) is 0 Å². The Balaban J connectivity index is 2.17. The first-order valence-corrected chi connectivity index (χ1v) is 8.66. The molecule has 0 aromatic heterocycles. The smallest absolute Gasteiger partial charge is 0.255 e. The maximum absolute atomic E-state index is 12.7. The van der Waals surface area contributed by atoms with Crippen LogP contribution in [0.5, 0.6) is 5.75 Å². The number of benzene rings is 1. The molecule has 0 bridgehead atoms. The summed E-state index contributed by atoms with van der Waals surface area (Å²) >= 11 is 6.09. The van der Waals surface area contributed by atoms with E-state index in [2.05, 4.69) is 22.5 Å². The van der Waals surface area contributed by atoms with Crippen LogP contribution in [0.4, 0.5) is 5.69 Å². The van der Waals surface area contributed by atoms with Gasteiger partial charge in [-0.3, -0.25) is 4.79 Å². The molecule has 1 fully saturated rings. The van der Waals surface area contributed by atoms with Gasteiger partial charge in [-0.15, -0.1) is 5.92 Å². The Labute approximate surface area is 153 Å². The molecule has 0 spiro atoms. The predicted molar refractivity (Wildman–Crippen MR) is 99.0 cm³/mol. The average molecular weight is 366 g/mol. The van der Waals surface area contributed by atoms with Crippen LogP contribution in [0.3, 0.4) is 0 Å². The lowest BCUT2D eigenvalue weighted by Crippen LogP contribution is -2.53. The molecule has 1 aromatic rings. The summed E-state index contributed by atoms with van der Waals surface area (Å²) in [7, 11) is 1.64. The van der Waals surface area contributed by atoms with E-state index in [0.29, 0.717) is 28.6 Å². The van der Waals surface area contributed by atoms with Crippen molar-refractivity contribution in [3.63, 3.8) is 0 Å². The molecule has 1 aromatic carbocycles. The molecule has 25 heavy (non-hydrogen) atoms. The number of nitrogens with two attached hydrogens (primary N) is 1. The van der Waals surface area contributed by atoms with Crippen molar-refractivity contribution in [2.24, 2.45) is 0 Å². The summed E-state index contributed by atoms with van der Waals surface area (Å²) in [6.07, 6.45) is 1.44. The number of carbonyl (C=O) groups excluding carboxylic acids is 1. The van der Waals surface area contributed by atoms with E-state index in [9.17, 15) is 4.79 Å². The van der Waals surface area contributed by atoms with Gasteiger partial charge in [-0.25, -0.2) is 0 Å². The molecule has 2 unspecified atom stereocenters. The summed E-state index contributed by atoms with van der Waals surface area (Å²) in [5.74, 6) is 5.89. The van der Waals surface area contributed by atoms with Gasteiger partial charge < -0.3 is 25.8 Å². The van der Waals surface area contributed by atoms with Crippen LogP contribution in [0.25, 0.3) is 0 Å². The van der Waals surface area contributed by atoms with E-state index < -0.39 is 0 Å². The van der Waals surface area contributed by atoms with E-state index in [1.807, 2.05) is 6.92 Å². The van der Waals surface area contributed by atoms with Crippen LogP contribution in [-0.2, 0) is 4.74 Å². The van der Waals surface area contributed by atoms with Gasteiger partial charge in [0.15, 0.2) is 0 Å². The molecule has 7 heteroatoms. The minimum absolute atomic E-state index is 0.0807. The van der Waals surface area contributed by atoms with Crippen LogP contribution in [0, 0.1) is 11.8 Å². The van der Waals surface area contributed by atoms with E-state index in [1.54, 1.807) is 13.2 Å². The lowest BCUT2D eigenvalue weighted by Gasteiger charge is -2.31. The van der Waals surface area contributed by atoms with E-state index in [0.717, 1.165) is 19.4 Å². The second-order valence-electron chi connectivity index (χ2n) is 5.71. The van der Waals surface area contributed by atoms with Crippen molar-refractivity contribution in [2.75, 3.05) is 32.5 Å². The van der Waals surface area contributed by atoms with Crippen molar-refractivity contribution in [1.29, 1.82) is 0 Å². The maximum Gasteiger partial charge on any atom is 0.255 e. The largest absolute Gasteiger partial charge is 0.480 e. The normalized spacial score (nSPS) is 19.6. The number of carbonyl (C=O) groups is 1. The van der Waals surface area contributed by atoms with Crippen molar-refractivity contribution in [3.05, 3.63) is 22.7 Å². The number of nitrogens with one attached hydrogen (secondary N) is 2. The SMILES string of the molecule is CCC#CCOc1cc(N)c(Cl)cc1C(=O)NC1CCNCC1OC. The predicted octanol–water partition coefficient (Wildman–Crippen LogP) is 1.82. The van der Waals surface area contributed by atoms with Crippen molar-refractivity contribution < 1.29 is 14.3 Å². The standard InChI is InChI=1S/C18H24ClN3O3/c1-3-4-5-8-25-16-10-14(20)13(19)9-12(16)18(23)22-15-6-7-21-11-17(15)24-2/h9-10,15,17,21H,3,6-8,11,20H2,1-2H3,(H,22,23). The van der Waals surface area contributed by atoms with Gasteiger partial charge in [-0.05, 0) is 19.0 Å². The molecule has 1 saturated heterocycles. The quantitative estimate of drug-likeness (QED) is 0.547. The van der Waals surface area contributed by atoms with Crippen molar-refractivity contribution in [2.45, 2.75) is 31.9 Å². The summed E-state index contributed by atoms with van der Waals surface area (Å²) in [4.78, 5) is 12.7. The van der Waals surface area contributed by atoms with Crippen LogP contribution in [0.2, 0.25) is 5.02 Å². The van der Waals surface area contributed by atoms with Crippen LogP contribution in [-0.4, -0.2) is 44.9 Å². The Morgan fingerprint density at radius 3 is 3.00 bits per heavy atom. The molecule has 2 rings (SSSR count). The number of piperidine rings is 1. The first-order valence-electron chi connectivity index (χ1n) is 8.28. The summed E-state index contributed by atoms with van der Waals surface area (Å²) in [6.45, 7) is 3.66. The number of nitrogen functional groups attached to an aromatic ring is 1. The minimum atomic E-state index is -0.269. The van der Waals surface area contributed by atoms with E-state index in [1.165, 1.54) is 6.07 Å². The van der Waals surface area contributed by atoms with Crippen LogP contribution in [0.15, 0.2) is 12.1 Å². The number of hydrogen-bond acceptors (Lipinski definition) is 5. The highest BCUT2D eigenvalue weighted by Gasteiger charge is 2.27. The fourth-order valence-corrected chi connectivity index (χ4v) is 2.81. The van der Waals surface area contributed by atoms with Gasteiger partial charge in [-0.1, -0.05) is 24.4 Å². The molecule has 2 atom stereocenters. The Morgan fingerprint density at radius 1 is 1.48 bits per heavy atom. The number of amides is 1. The molecule has 6 nitrogen and oxygen atoms in total. The maximum atomic E-state index is 12.7. The summed E-state index contributed by atoms with van der Waals surface area (Å²) in [6, 6.07) is 3.00. The lowest BCUT2D eigenvalue weighted by atomic mass is 10.0. The Kier molecular flexibility index (Phi) is 7.38. The fraction of sp³-hybridized carbons (Fsp3) is 0.500. The Hall–Kier alpha value is -1.94. The topological polar surface area (TPSA) is 85.6 Å². The van der Waals surface area contributed by atoms with Gasteiger partial charge >= 0.3 is 0 Å². The van der Waals surface area contributed by atoms with Gasteiger partial charge in [0.1, 0.15) is 12.4 Å². The number of ether oxygens (including phenoxy) is 2. The van der Waals surface area contributed by atoms with Gasteiger partial charge in [-0.2, -0.15) is 0 Å². The highest BCUT2D eigenvalue weighted by atomic mass is 35.5. The van der Waals surface area contributed by atoms with E-state index in [-0.39, 0.29) is 24.7 Å².